The first-order valence-electron chi connectivity index (χ1n) is 7.48. The van der Waals surface area contributed by atoms with Gasteiger partial charge in [-0.2, -0.15) is 0 Å². The van der Waals surface area contributed by atoms with E-state index in [-0.39, 0.29) is 5.97 Å². The van der Waals surface area contributed by atoms with E-state index < -0.39 is 0 Å². The molecule has 6 heteroatoms. The molecule has 0 atom stereocenters. The lowest BCUT2D eigenvalue weighted by Gasteiger charge is -2.29. The van der Waals surface area contributed by atoms with Gasteiger partial charge in [-0.25, -0.2) is 4.79 Å². The van der Waals surface area contributed by atoms with Crippen molar-refractivity contribution in [3.8, 4) is 0 Å². The fourth-order valence-electron chi connectivity index (χ4n) is 2.49. The second kappa shape index (κ2) is 7.46. The minimum atomic E-state index is -0.263. The van der Waals surface area contributed by atoms with Gasteiger partial charge in [0.05, 0.1) is 17.9 Å². The molecule has 0 saturated carbocycles. The number of carbonyl (C=O) groups is 1. The number of benzene rings is 1. The predicted octanol–water partition coefficient (Wildman–Crippen LogP) is 2.45. The van der Waals surface area contributed by atoms with Crippen LogP contribution in [0.5, 0.6) is 0 Å². The molecule has 1 heterocycles. The molecule has 1 aliphatic rings. The molecule has 0 saturated heterocycles. The van der Waals surface area contributed by atoms with Gasteiger partial charge in [0, 0.05) is 33.3 Å². The number of rotatable bonds is 4. The number of likely N-dealkylation sites (N-methyl/N-ethyl adjacent to an activating group) is 1. The van der Waals surface area contributed by atoms with Gasteiger partial charge in [-0.1, -0.05) is 18.2 Å². The van der Waals surface area contributed by atoms with E-state index in [0.29, 0.717) is 30.5 Å². The van der Waals surface area contributed by atoms with Crippen molar-refractivity contribution < 1.29 is 14.3 Å². The van der Waals surface area contributed by atoms with Gasteiger partial charge < -0.3 is 19.3 Å². The summed E-state index contributed by atoms with van der Waals surface area (Å²) in [4.78, 5) is 15.8. The fourth-order valence-corrected chi connectivity index (χ4v) is 2.55. The maximum atomic E-state index is 12.0. The Morgan fingerprint density at radius 3 is 2.74 bits per heavy atom. The van der Waals surface area contributed by atoms with Gasteiger partial charge in [-0.3, -0.25) is 0 Å². The molecule has 124 valence electrons. The van der Waals surface area contributed by atoms with Gasteiger partial charge in [0.1, 0.15) is 6.61 Å². The maximum absolute atomic E-state index is 12.0. The van der Waals surface area contributed by atoms with E-state index in [1.807, 2.05) is 57.2 Å². The van der Waals surface area contributed by atoms with Crippen molar-refractivity contribution in [2.45, 2.75) is 13.5 Å². The van der Waals surface area contributed by atoms with Gasteiger partial charge in [0.15, 0.2) is 0 Å². The topological polar surface area (TPSA) is 42.0 Å². The van der Waals surface area contributed by atoms with E-state index in [4.69, 9.17) is 21.7 Å². The third kappa shape index (κ3) is 4.01. The molecule has 0 fully saturated rings. The zero-order chi connectivity index (χ0) is 17.0. The highest BCUT2D eigenvalue weighted by atomic mass is 32.1. The summed E-state index contributed by atoms with van der Waals surface area (Å²) in [6, 6.07) is 5.95. The van der Waals surface area contributed by atoms with Gasteiger partial charge in [-0.05, 0) is 30.8 Å². The third-order valence-corrected chi connectivity index (χ3v) is 4.01. The van der Waals surface area contributed by atoms with Crippen LogP contribution in [-0.4, -0.2) is 50.3 Å². The minimum Gasteiger partial charge on any atom is -0.466 e. The van der Waals surface area contributed by atoms with Crippen molar-refractivity contribution in [2.75, 3.05) is 39.2 Å². The summed E-state index contributed by atoms with van der Waals surface area (Å²) < 4.78 is 10.7. The zero-order valence-electron chi connectivity index (χ0n) is 14.0. The number of hydrogen-bond acceptors (Lipinski definition) is 5. The monoisotopic (exact) mass is 334 g/mol. The Kier molecular flexibility index (Phi) is 5.60. The summed E-state index contributed by atoms with van der Waals surface area (Å²) in [7, 11) is 5.66. The Balaban J connectivity index is 2.26. The molecule has 0 bridgehead atoms. The van der Waals surface area contributed by atoms with Crippen LogP contribution < -0.4 is 4.90 Å². The SMILES string of the molecule is CCOC(=O)C1=Cc2cccc(COC(=S)N(C)C)c2N(C)C1. The lowest BCUT2D eigenvalue weighted by Crippen LogP contribution is -2.29. The molecule has 1 aromatic carbocycles. The van der Waals surface area contributed by atoms with Crippen LogP contribution in [0.2, 0.25) is 0 Å². The first-order chi connectivity index (χ1) is 10.9. The number of esters is 1. The first kappa shape index (κ1) is 17.3. The zero-order valence-corrected chi connectivity index (χ0v) is 14.8. The molecule has 0 radical (unpaired) electrons. The van der Waals surface area contributed by atoms with E-state index in [2.05, 4.69) is 0 Å². The number of carbonyl (C=O) groups excluding carboxylic acids is 1. The molecular weight excluding hydrogens is 312 g/mol. The summed E-state index contributed by atoms with van der Waals surface area (Å²) in [5.41, 5.74) is 3.73. The molecule has 0 aliphatic carbocycles. The number of anilines is 1. The molecule has 0 amide bonds. The minimum absolute atomic E-state index is 0.263. The molecule has 2 rings (SSSR count). The Morgan fingerprint density at radius 2 is 2.09 bits per heavy atom. The largest absolute Gasteiger partial charge is 0.466 e. The number of ether oxygens (including phenoxy) is 2. The Bertz CT molecular complexity index is 641. The summed E-state index contributed by atoms with van der Waals surface area (Å²) in [5.74, 6) is -0.263. The van der Waals surface area contributed by atoms with Gasteiger partial charge in [-0.15, -0.1) is 0 Å². The average Bonchev–Trinajstić information content (AvgIpc) is 2.52. The van der Waals surface area contributed by atoms with Crippen molar-refractivity contribution >= 4 is 35.1 Å². The molecule has 0 unspecified atom stereocenters. The number of fused-ring (bicyclic) bond motifs is 1. The van der Waals surface area contributed by atoms with Crippen molar-refractivity contribution in [1.29, 1.82) is 0 Å². The summed E-state index contributed by atoms with van der Waals surface area (Å²) in [5, 5.41) is 0.448. The van der Waals surface area contributed by atoms with Crippen LogP contribution in [-0.2, 0) is 20.9 Å². The van der Waals surface area contributed by atoms with Crippen LogP contribution >= 0.6 is 12.2 Å². The molecule has 5 nitrogen and oxygen atoms in total. The summed E-state index contributed by atoms with van der Waals surface area (Å²) in [6.45, 7) is 3.10. The molecule has 0 N–H and O–H groups in total. The molecule has 1 aromatic rings. The number of para-hydroxylation sites is 1. The standard InChI is InChI=1S/C17H22N2O3S/c1-5-21-16(20)14-9-12-7-6-8-13(15(12)19(4)10-14)11-22-17(23)18(2)3/h6-9H,5,10-11H2,1-4H3. The van der Waals surface area contributed by atoms with Crippen LogP contribution in [0.25, 0.3) is 6.08 Å². The normalized spacial score (nSPS) is 13.0. The van der Waals surface area contributed by atoms with Crippen LogP contribution in [0.15, 0.2) is 23.8 Å². The third-order valence-electron chi connectivity index (χ3n) is 3.52. The van der Waals surface area contributed by atoms with Gasteiger partial charge in [0.25, 0.3) is 5.17 Å². The van der Waals surface area contributed by atoms with E-state index in [1.54, 1.807) is 4.90 Å². The summed E-state index contributed by atoms with van der Waals surface area (Å²) in [6.07, 6.45) is 1.89. The number of nitrogens with zero attached hydrogens (tertiary/aromatic N) is 2. The van der Waals surface area contributed by atoms with Crippen LogP contribution in [0.3, 0.4) is 0 Å². The second-order valence-electron chi connectivity index (χ2n) is 5.55. The molecule has 0 spiro atoms. The lowest BCUT2D eigenvalue weighted by atomic mass is 9.99. The molecule has 1 aliphatic heterocycles. The maximum Gasteiger partial charge on any atom is 0.335 e. The fraction of sp³-hybridized carbons (Fsp3) is 0.412. The number of thiocarbonyl (C=S) groups is 1. The highest BCUT2D eigenvalue weighted by Crippen LogP contribution is 2.32. The molecule has 23 heavy (non-hydrogen) atoms. The van der Waals surface area contributed by atoms with Crippen LogP contribution in [0.1, 0.15) is 18.1 Å². The van der Waals surface area contributed by atoms with Crippen molar-refractivity contribution in [3.63, 3.8) is 0 Å². The highest BCUT2D eigenvalue weighted by Gasteiger charge is 2.22. The van der Waals surface area contributed by atoms with Crippen molar-refractivity contribution in [2.24, 2.45) is 0 Å². The van der Waals surface area contributed by atoms with Crippen molar-refractivity contribution in [3.05, 3.63) is 34.9 Å². The van der Waals surface area contributed by atoms with E-state index >= 15 is 0 Å². The highest BCUT2D eigenvalue weighted by molar-refractivity contribution is 7.80. The van der Waals surface area contributed by atoms with Gasteiger partial charge in [0.2, 0.25) is 0 Å². The number of hydrogen-bond donors (Lipinski definition) is 0. The van der Waals surface area contributed by atoms with Crippen LogP contribution in [0.4, 0.5) is 5.69 Å². The van der Waals surface area contributed by atoms with E-state index in [9.17, 15) is 4.79 Å². The van der Waals surface area contributed by atoms with E-state index in [1.165, 1.54) is 0 Å². The smallest absolute Gasteiger partial charge is 0.335 e. The van der Waals surface area contributed by atoms with Crippen LogP contribution in [0, 0.1) is 0 Å². The predicted molar refractivity (Wildman–Crippen MR) is 95.4 cm³/mol. The second-order valence-corrected chi connectivity index (χ2v) is 5.90. The Labute approximate surface area is 142 Å². The quantitative estimate of drug-likeness (QED) is 0.622. The Morgan fingerprint density at radius 1 is 1.35 bits per heavy atom. The van der Waals surface area contributed by atoms with Crippen molar-refractivity contribution in [1.82, 2.24) is 4.90 Å². The summed E-state index contributed by atoms with van der Waals surface area (Å²) >= 11 is 5.16. The van der Waals surface area contributed by atoms with E-state index in [0.717, 1.165) is 16.8 Å². The first-order valence-corrected chi connectivity index (χ1v) is 7.89. The average molecular weight is 334 g/mol. The molecule has 0 aromatic heterocycles. The lowest BCUT2D eigenvalue weighted by molar-refractivity contribution is -0.138. The Hall–Kier alpha value is -2.08. The molecular formula is C17H22N2O3S. The van der Waals surface area contributed by atoms with Gasteiger partial charge >= 0.3 is 5.97 Å².